The summed E-state index contributed by atoms with van der Waals surface area (Å²) in [5.74, 6) is 0.583. The van der Waals surface area contributed by atoms with Crippen LogP contribution < -0.4 is 5.73 Å². The average molecular weight is 177 g/mol. The Kier molecular flexibility index (Phi) is 24.6. The van der Waals surface area contributed by atoms with E-state index in [1.54, 1.807) is 13.8 Å². The van der Waals surface area contributed by atoms with Crippen molar-refractivity contribution in [3.8, 4) is 0 Å². The predicted octanol–water partition coefficient (Wildman–Crippen LogP) is 3.06. The van der Waals surface area contributed by atoms with Crippen molar-refractivity contribution in [1.82, 2.24) is 0 Å². The Morgan fingerprint density at radius 2 is 1.08 bits per heavy atom. The summed E-state index contributed by atoms with van der Waals surface area (Å²) in [5, 5.41) is 0. The van der Waals surface area contributed by atoms with Gasteiger partial charge in [0.1, 0.15) is 0 Å². The molecular formula is C10H27NO. The third kappa shape index (κ3) is 56.4. The normalized spacial score (nSPS) is 7.58. The lowest BCUT2D eigenvalue weighted by Gasteiger charge is -1.90. The minimum atomic E-state index is -0.241. The zero-order valence-corrected chi connectivity index (χ0v) is 7.64. The smallest absolute Gasteiger partial charge is 0.219 e. The van der Waals surface area contributed by atoms with Crippen molar-refractivity contribution in [3.63, 3.8) is 0 Å². The first-order valence-corrected chi connectivity index (χ1v) is 3.67. The van der Waals surface area contributed by atoms with Gasteiger partial charge in [-0.3, -0.25) is 4.79 Å². The van der Waals surface area contributed by atoms with Crippen molar-refractivity contribution in [3.05, 3.63) is 0 Å². The van der Waals surface area contributed by atoms with Crippen molar-refractivity contribution in [2.24, 2.45) is 17.6 Å². The maximum atomic E-state index is 9.92. The molecule has 0 heterocycles. The standard InChI is InChI=1S/C4H9NO.C4H10.2CH4/c1-3(2)4(5)6;1-4(2)3;;/h3H,1-2H3,(H2,5,6);4H,1-3H3;2*1H4. The summed E-state index contributed by atoms with van der Waals surface area (Å²) >= 11 is 0. The van der Waals surface area contributed by atoms with Crippen molar-refractivity contribution >= 4 is 5.91 Å². The quantitative estimate of drug-likeness (QED) is 0.657. The highest BCUT2D eigenvalue weighted by Gasteiger charge is 1.96. The number of hydrogen-bond acceptors (Lipinski definition) is 1. The minimum Gasteiger partial charge on any atom is -0.369 e. The van der Waals surface area contributed by atoms with Crippen LogP contribution in [0.4, 0.5) is 0 Å². The van der Waals surface area contributed by atoms with E-state index in [1.165, 1.54) is 0 Å². The van der Waals surface area contributed by atoms with E-state index in [9.17, 15) is 4.79 Å². The van der Waals surface area contributed by atoms with Gasteiger partial charge in [-0.25, -0.2) is 0 Å². The number of rotatable bonds is 1. The molecule has 2 N–H and O–H groups in total. The molecule has 0 radical (unpaired) electrons. The topological polar surface area (TPSA) is 43.1 Å². The Balaban J connectivity index is -0.0000000483. The summed E-state index contributed by atoms with van der Waals surface area (Å²) in [4.78, 5) is 9.92. The van der Waals surface area contributed by atoms with Crippen LogP contribution in [0.3, 0.4) is 0 Å². The highest BCUT2D eigenvalue weighted by atomic mass is 16.1. The highest BCUT2D eigenvalue weighted by molar-refractivity contribution is 5.75. The molecule has 0 rings (SSSR count). The first-order chi connectivity index (χ1) is 4.37. The van der Waals surface area contributed by atoms with Crippen LogP contribution in [0.2, 0.25) is 0 Å². The summed E-state index contributed by atoms with van der Waals surface area (Å²) in [6, 6.07) is 0. The maximum absolute atomic E-state index is 9.92. The minimum absolute atomic E-state index is 0. The molecule has 2 nitrogen and oxygen atoms in total. The fourth-order valence-electron chi connectivity index (χ4n) is 0. The van der Waals surface area contributed by atoms with E-state index >= 15 is 0 Å². The molecule has 0 unspecified atom stereocenters. The molecule has 0 saturated heterocycles. The Morgan fingerprint density at radius 1 is 1.00 bits per heavy atom. The summed E-state index contributed by atoms with van der Waals surface area (Å²) in [6.07, 6.45) is 0. The molecule has 0 spiro atoms. The Bertz CT molecular complexity index is 85.1. The van der Waals surface area contributed by atoms with Crippen LogP contribution in [0.15, 0.2) is 0 Å². The molecule has 0 aliphatic heterocycles. The number of carbonyl (C=O) groups excluding carboxylic acids is 1. The molecule has 0 aromatic rings. The van der Waals surface area contributed by atoms with Gasteiger partial charge in [0.05, 0.1) is 0 Å². The largest absolute Gasteiger partial charge is 0.369 e. The molecule has 0 atom stereocenters. The molecule has 2 heteroatoms. The molecule has 0 bridgehead atoms. The van der Waals surface area contributed by atoms with Gasteiger partial charge in [-0.1, -0.05) is 49.5 Å². The number of primary amides is 1. The van der Waals surface area contributed by atoms with Gasteiger partial charge < -0.3 is 5.73 Å². The van der Waals surface area contributed by atoms with Crippen molar-refractivity contribution in [2.45, 2.75) is 49.5 Å². The monoisotopic (exact) mass is 177 g/mol. The second-order valence-corrected chi connectivity index (χ2v) is 3.29. The SMILES string of the molecule is C.C.CC(C)C.CC(C)C(N)=O. The summed E-state index contributed by atoms with van der Waals surface area (Å²) in [5.41, 5.74) is 4.80. The second-order valence-electron chi connectivity index (χ2n) is 3.29. The van der Waals surface area contributed by atoms with Crippen molar-refractivity contribution < 1.29 is 4.79 Å². The molecular weight excluding hydrogens is 150 g/mol. The van der Waals surface area contributed by atoms with Gasteiger partial charge in [0.15, 0.2) is 0 Å². The summed E-state index contributed by atoms with van der Waals surface area (Å²) < 4.78 is 0. The molecule has 0 fully saturated rings. The fourth-order valence-corrected chi connectivity index (χ4v) is 0. The lowest BCUT2D eigenvalue weighted by atomic mass is 10.2. The predicted molar refractivity (Wildman–Crippen MR) is 58.0 cm³/mol. The van der Waals surface area contributed by atoms with E-state index < -0.39 is 0 Å². The maximum Gasteiger partial charge on any atom is 0.219 e. The van der Waals surface area contributed by atoms with E-state index in [-0.39, 0.29) is 26.7 Å². The Labute approximate surface area is 78.5 Å². The summed E-state index contributed by atoms with van der Waals surface area (Å²) in [6.45, 7) is 10.0. The molecule has 0 aromatic heterocycles. The third-order valence-electron chi connectivity index (χ3n) is 0.569. The van der Waals surface area contributed by atoms with Gasteiger partial charge in [-0.2, -0.15) is 0 Å². The first kappa shape index (κ1) is 22.5. The molecule has 78 valence electrons. The lowest BCUT2D eigenvalue weighted by Crippen LogP contribution is -2.17. The fraction of sp³-hybridized carbons (Fsp3) is 0.900. The van der Waals surface area contributed by atoms with Crippen LogP contribution in [0.1, 0.15) is 49.5 Å². The van der Waals surface area contributed by atoms with Crippen molar-refractivity contribution in [1.29, 1.82) is 0 Å². The molecule has 0 aromatic carbocycles. The molecule has 1 amide bonds. The number of hydrogen-bond donors (Lipinski definition) is 1. The van der Waals surface area contributed by atoms with Crippen LogP contribution >= 0.6 is 0 Å². The molecule has 12 heavy (non-hydrogen) atoms. The van der Waals surface area contributed by atoms with E-state index in [4.69, 9.17) is 5.73 Å². The number of carbonyl (C=O) groups is 1. The van der Waals surface area contributed by atoms with Crippen LogP contribution in [0.25, 0.3) is 0 Å². The molecule has 0 saturated carbocycles. The number of nitrogens with two attached hydrogens (primary N) is 1. The van der Waals surface area contributed by atoms with Gasteiger partial charge >= 0.3 is 0 Å². The van der Waals surface area contributed by atoms with E-state index in [2.05, 4.69) is 20.8 Å². The highest BCUT2D eigenvalue weighted by Crippen LogP contribution is 1.84. The van der Waals surface area contributed by atoms with Gasteiger partial charge in [0.2, 0.25) is 5.91 Å². The molecule has 0 aliphatic rings. The first-order valence-electron chi connectivity index (χ1n) is 3.67. The average Bonchev–Trinajstić information content (AvgIpc) is 1.63. The number of amides is 1. The third-order valence-corrected chi connectivity index (χ3v) is 0.569. The Hall–Kier alpha value is -0.530. The van der Waals surface area contributed by atoms with Gasteiger partial charge in [0.25, 0.3) is 0 Å². The van der Waals surface area contributed by atoms with Gasteiger partial charge in [0, 0.05) is 5.92 Å². The second kappa shape index (κ2) is 13.1. The molecule has 0 aliphatic carbocycles. The van der Waals surface area contributed by atoms with Crippen LogP contribution in [-0.2, 0) is 4.79 Å². The zero-order chi connectivity index (χ0) is 8.73. The van der Waals surface area contributed by atoms with E-state index in [0.717, 1.165) is 5.92 Å². The van der Waals surface area contributed by atoms with Gasteiger partial charge in [-0.15, -0.1) is 0 Å². The Morgan fingerprint density at radius 3 is 1.08 bits per heavy atom. The van der Waals surface area contributed by atoms with Crippen molar-refractivity contribution in [2.75, 3.05) is 0 Å². The summed E-state index contributed by atoms with van der Waals surface area (Å²) in [7, 11) is 0. The van der Waals surface area contributed by atoms with Crippen LogP contribution in [0.5, 0.6) is 0 Å². The van der Waals surface area contributed by atoms with E-state index in [1.807, 2.05) is 0 Å². The zero-order valence-electron chi connectivity index (χ0n) is 7.64. The lowest BCUT2D eigenvalue weighted by molar-refractivity contribution is -0.120. The van der Waals surface area contributed by atoms with Crippen LogP contribution in [0, 0.1) is 11.8 Å². The van der Waals surface area contributed by atoms with Gasteiger partial charge in [-0.05, 0) is 5.92 Å². The van der Waals surface area contributed by atoms with E-state index in [0.29, 0.717) is 0 Å². The van der Waals surface area contributed by atoms with Crippen LogP contribution in [-0.4, -0.2) is 5.91 Å².